The van der Waals surface area contributed by atoms with E-state index in [4.69, 9.17) is 0 Å². The molecule has 2 aromatic heterocycles. The normalized spacial score (nSPS) is 26.6. The molecule has 5 nitrogen and oxygen atoms in total. The van der Waals surface area contributed by atoms with Crippen LogP contribution in [0.15, 0.2) is 48.8 Å². The number of amides is 1. The van der Waals surface area contributed by atoms with E-state index < -0.39 is 0 Å². The highest BCUT2D eigenvalue weighted by molar-refractivity contribution is 7.09. The van der Waals surface area contributed by atoms with Gasteiger partial charge >= 0.3 is 0 Å². The first-order valence-corrected chi connectivity index (χ1v) is 9.52. The average molecular weight is 354 g/mol. The minimum atomic E-state index is -0.344. The molecule has 0 unspecified atom stereocenters. The van der Waals surface area contributed by atoms with Crippen LogP contribution < -0.4 is 0 Å². The first kappa shape index (κ1) is 16.4. The van der Waals surface area contributed by atoms with Crippen LogP contribution in [0.4, 0.5) is 0 Å². The highest BCUT2D eigenvalue weighted by Gasteiger charge is 2.57. The summed E-state index contributed by atoms with van der Waals surface area (Å²) < 4.78 is 0. The molecule has 2 saturated heterocycles. The maximum atomic E-state index is 13.2. The first-order valence-electron chi connectivity index (χ1n) is 8.64. The molecule has 0 aliphatic carbocycles. The molecule has 4 heterocycles. The van der Waals surface area contributed by atoms with Crippen LogP contribution in [0.2, 0.25) is 0 Å². The van der Waals surface area contributed by atoms with Gasteiger partial charge in [-0.2, -0.15) is 0 Å². The van der Waals surface area contributed by atoms with Gasteiger partial charge in [-0.3, -0.25) is 14.7 Å². The van der Waals surface area contributed by atoms with Gasteiger partial charge in [0.1, 0.15) is 0 Å². The van der Waals surface area contributed by atoms with E-state index in [1.807, 2.05) is 34.8 Å². The molecule has 4 rings (SSSR count). The van der Waals surface area contributed by atoms with E-state index in [0.29, 0.717) is 6.54 Å². The zero-order chi connectivity index (χ0) is 17.3. The fourth-order valence-corrected chi connectivity index (χ4v) is 5.10. The van der Waals surface area contributed by atoms with Crippen LogP contribution in [0.25, 0.3) is 0 Å². The number of hydrogen-bond donors (Lipinski definition) is 0. The Hall–Kier alpha value is -2.05. The van der Waals surface area contributed by atoms with Crippen molar-refractivity contribution < 1.29 is 4.79 Å². The van der Waals surface area contributed by atoms with Gasteiger partial charge in [-0.25, -0.2) is 4.98 Å². The molecule has 2 aliphatic heterocycles. The SMILES string of the molecule is C=CCN1CC[C@]2(CN(Cc3cccnc3)C[C@H]2c2nccs2)C1=O. The van der Waals surface area contributed by atoms with Crippen molar-refractivity contribution in [2.24, 2.45) is 5.41 Å². The Morgan fingerprint density at radius 2 is 2.36 bits per heavy atom. The quantitative estimate of drug-likeness (QED) is 0.774. The summed E-state index contributed by atoms with van der Waals surface area (Å²) >= 11 is 1.66. The largest absolute Gasteiger partial charge is 0.338 e. The van der Waals surface area contributed by atoms with Crippen molar-refractivity contribution in [2.45, 2.75) is 18.9 Å². The Morgan fingerprint density at radius 1 is 1.44 bits per heavy atom. The van der Waals surface area contributed by atoms with Gasteiger partial charge in [0, 0.05) is 62.6 Å². The standard InChI is InChI=1S/C19H22N4OS/c1-2-8-23-9-5-19(18(23)24)14-22(12-15-4-3-6-20-11-15)13-16(19)17-21-7-10-25-17/h2-4,6-7,10-11,16H,1,5,8-9,12-14H2/t16-,19+/m0/s1. The minimum Gasteiger partial charge on any atom is -0.338 e. The van der Waals surface area contributed by atoms with E-state index in [2.05, 4.69) is 27.5 Å². The fourth-order valence-electron chi connectivity index (χ4n) is 4.26. The van der Waals surface area contributed by atoms with Crippen molar-refractivity contribution in [3.05, 3.63) is 59.3 Å². The van der Waals surface area contributed by atoms with E-state index in [9.17, 15) is 4.79 Å². The molecular weight excluding hydrogens is 332 g/mol. The van der Waals surface area contributed by atoms with Gasteiger partial charge in [-0.15, -0.1) is 17.9 Å². The molecule has 130 valence electrons. The summed E-state index contributed by atoms with van der Waals surface area (Å²) in [6, 6.07) is 4.06. The van der Waals surface area contributed by atoms with Crippen LogP contribution in [-0.2, 0) is 11.3 Å². The lowest BCUT2D eigenvalue weighted by Gasteiger charge is -2.27. The van der Waals surface area contributed by atoms with Crippen LogP contribution in [0, 0.1) is 5.41 Å². The van der Waals surface area contributed by atoms with Crippen LogP contribution in [0.5, 0.6) is 0 Å². The van der Waals surface area contributed by atoms with Crippen LogP contribution in [0.3, 0.4) is 0 Å². The number of aromatic nitrogens is 2. The molecule has 2 aromatic rings. The molecular formula is C19H22N4OS. The summed E-state index contributed by atoms with van der Waals surface area (Å²) in [5.74, 6) is 0.438. The van der Waals surface area contributed by atoms with Crippen molar-refractivity contribution in [2.75, 3.05) is 26.2 Å². The third kappa shape index (κ3) is 2.89. The molecule has 2 fully saturated rings. The van der Waals surface area contributed by atoms with E-state index in [1.54, 1.807) is 17.5 Å². The van der Waals surface area contributed by atoms with Crippen LogP contribution >= 0.6 is 11.3 Å². The lowest BCUT2D eigenvalue weighted by atomic mass is 9.77. The third-order valence-corrected chi connectivity index (χ3v) is 6.27. The Labute approximate surface area is 152 Å². The average Bonchev–Trinajstić information content (AvgIpc) is 3.33. The van der Waals surface area contributed by atoms with E-state index in [1.165, 1.54) is 5.56 Å². The lowest BCUT2D eigenvalue weighted by molar-refractivity contribution is -0.135. The summed E-state index contributed by atoms with van der Waals surface area (Å²) in [4.78, 5) is 26.3. The Morgan fingerprint density at radius 3 is 3.08 bits per heavy atom. The highest BCUT2D eigenvalue weighted by Crippen LogP contribution is 2.50. The third-order valence-electron chi connectivity index (χ3n) is 5.38. The van der Waals surface area contributed by atoms with Gasteiger partial charge in [-0.1, -0.05) is 12.1 Å². The molecule has 0 saturated carbocycles. The van der Waals surface area contributed by atoms with E-state index in [0.717, 1.165) is 37.6 Å². The summed E-state index contributed by atoms with van der Waals surface area (Å²) in [5, 5.41) is 3.09. The number of hydrogen-bond acceptors (Lipinski definition) is 5. The smallest absolute Gasteiger partial charge is 0.231 e. The maximum Gasteiger partial charge on any atom is 0.231 e. The number of nitrogens with zero attached hydrogens (tertiary/aromatic N) is 4. The number of pyridine rings is 1. The second-order valence-corrected chi connectivity index (χ2v) is 7.83. The summed E-state index contributed by atoms with van der Waals surface area (Å²) in [5.41, 5.74) is 0.842. The number of thiazole rings is 1. The molecule has 2 aliphatic rings. The van der Waals surface area contributed by atoms with Crippen molar-refractivity contribution in [3.8, 4) is 0 Å². The van der Waals surface area contributed by atoms with Crippen LogP contribution in [-0.4, -0.2) is 51.9 Å². The monoisotopic (exact) mass is 354 g/mol. The molecule has 0 N–H and O–H groups in total. The summed E-state index contributed by atoms with van der Waals surface area (Å²) in [6.45, 7) is 7.72. The van der Waals surface area contributed by atoms with Gasteiger partial charge in [0.2, 0.25) is 5.91 Å². The molecule has 1 spiro atoms. The second-order valence-electron chi connectivity index (χ2n) is 6.90. The highest BCUT2D eigenvalue weighted by atomic mass is 32.1. The zero-order valence-electron chi connectivity index (χ0n) is 14.2. The van der Waals surface area contributed by atoms with Gasteiger partial charge < -0.3 is 4.90 Å². The number of carbonyl (C=O) groups is 1. The second kappa shape index (κ2) is 6.69. The fraction of sp³-hybridized carbons (Fsp3) is 0.421. The molecule has 0 bridgehead atoms. The Kier molecular flexibility index (Phi) is 4.39. The van der Waals surface area contributed by atoms with E-state index >= 15 is 0 Å². The van der Waals surface area contributed by atoms with Gasteiger partial charge in [0.05, 0.1) is 10.4 Å². The van der Waals surface area contributed by atoms with Crippen LogP contribution in [0.1, 0.15) is 22.9 Å². The van der Waals surface area contributed by atoms with Gasteiger partial charge in [-0.05, 0) is 18.1 Å². The number of likely N-dealkylation sites (tertiary alicyclic amines) is 2. The van der Waals surface area contributed by atoms with Crippen molar-refractivity contribution in [1.29, 1.82) is 0 Å². The summed E-state index contributed by atoms with van der Waals surface area (Å²) in [6.07, 6.45) is 8.26. The zero-order valence-corrected chi connectivity index (χ0v) is 15.0. The molecule has 1 amide bonds. The van der Waals surface area contributed by atoms with Crippen molar-refractivity contribution >= 4 is 17.2 Å². The van der Waals surface area contributed by atoms with E-state index in [-0.39, 0.29) is 17.2 Å². The molecule has 6 heteroatoms. The lowest BCUT2D eigenvalue weighted by Crippen LogP contribution is -2.39. The topological polar surface area (TPSA) is 49.3 Å². The summed E-state index contributed by atoms with van der Waals surface area (Å²) in [7, 11) is 0. The van der Waals surface area contributed by atoms with Gasteiger partial charge in [0.25, 0.3) is 0 Å². The maximum absolute atomic E-state index is 13.2. The van der Waals surface area contributed by atoms with Crippen molar-refractivity contribution in [1.82, 2.24) is 19.8 Å². The van der Waals surface area contributed by atoms with Gasteiger partial charge in [0.15, 0.2) is 0 Å². The number of rotatable bonds is 5. The molecule has 0 aromatic carbocycles. The predicted molar refractivity (Wildman–Crippen MR) is 98.2 cm³/mol. The molecule has 0 radical (unpaired) electrons. The first-order chi connectivity index (χ1) is 12.2. The predicted octanol–water partition coefficient (Wildman–Crippen LogP) is 2.54. The number of carbonyl (C=O) groups excluding carboxylic acids is 1. The Balaban J connectivity index is 1.62. The van der Waals surface area contributed by atoms with Crippen molar-refractivity contribution in [3.63, 3.8) is 0 Å². The molecule has 25 heavy (non-hydrogen) atoms. The Bertz CT molecular complexity index is 748. The molecule has 2 atom stereocenters. The minimum absolute atomic E-state index is 0.173.